The molecule has 2 aliphatic rings. The Balaban J connectivity index is 1.72. The van der Waals surface area contributed by atoms with Gasteiger partial charge in [0.05, 0.1) is 12.6 Å². The lowest BCUT2D eigenvalue weighted by molar-refractivity contribution is -0.133. The maximum atomic E-state index is 12.1. The van der Waals surface area contributed by atoms with Crippen molar-refractivity contribution in [1.29, 1.82) is 0 Å². The van der Waals surface area contributed by atoms with Gasteiger partial charge in [0.1, 0.15) is 0 Å². The van der Waals surface area contributed by atoms with Crippen LogP contribution < -0.4 is 5.32 Å². The summed E-state index contributed by atoms with van der Waals surface area (Å²) in [5.41, 5.74) is 0. The number of nitrogens with one attached hydrogen (secondary N) is 1. The van der Waals surface area contributed by atoms with Gasteiger partial charge < -0.3 is 15.3 Å². The number of hydrogen-bond acceptors (Lipinski definition) is 3. The zero-order valence-electron chi connectivity index (χ0n) is 10.5. The lowest BCUT2D eigenvalue weighted by Gasteiger charge is -2.26. The molecule has 0 aliphatic carbocycles. The fourth-order valence-corrected chi connectivity index (χ4v) is 3.00. The molecule has 2 saturated heterocycles. The molecule has 0 bridgehead atoms. The maximum Gasteiger partial charge on any atom is 0.222 e. The van der Waals surface area contributed by atoms with E-state index in [9.17, 15) is 9.90 Å². The molecule has 4 nitrogen and oxygen atoms in total. The van der Waals surface area contributed by atoms with Gasteiger partial charge in [0, 0.05) is 13.0 Å². The van der Waals surface area contributed by atoms with Crippen LogP contribution in [0.15, 0.2) is 0 Å². The number of aliphatic hydroxyl groups is 1. The van der Waals surface area contributed by atoms with E-state index in [0.29, 0.717) is 6.42 Å². The molecular weight excluding hydrogens is 216 g/mol. The van der Waals surface area contributed by atoms with Crippen molar-refractivity contribution >= 4 is 5.91 Å². The van der Waals surface area contributed by atoms with E-state index in [2.05, 4.69) is 5.32 Å². The van der Waals surface area contributed by atoms with E-state index < -0.39 is 0 Å². The van der Waals surface area contributed by atoms with Crippen molar-refractivity contribution < 1.29 is 9.90 Å². The van der Waals surface area contributed by atoms with Crippen LogP contribution in [0.25, 0.3) is 0 Å². The van der Waals surface area contributed by atoms with Crippen LogP contribution in [0.2, 0.25) is 0 Å². The lowest BCUT2D eigenvalue weighted by Crippen LogP contribution is -2.38. The van der Waals surface area contributed by atoms with Gasteiger partial charge in [-0.05, 0) is 51.1 Å². The second kappa shape index (κ2) is 6.36. The van der Waals surface area contributed by atoms with Crippen molar-refractivity contribution in [1.82, 2.24) is 10.2 Å². The Morgan fingerprint density at radius 1 is 1.29 bits per heavy atom. The molecule has 2 N–H and O–H groups in total. The van der Waals surface area contributed by atoms with E-state index in [1.54, 1.807) is 0 Å². The summed E-state index contributed by atoms with van der Waals surface area (Å²) in [6.07, 6.45) is 6.11. The number of carbonyl (C=O) groups excluding carboxylic acids is 1. The Morgan fingerprint density at radius 2 is 2.06 bits per heavy atom. The molecule has 1 atom stereocenters. The Morgan fingerprint density at radius 3 is 2.76 bits per heavy atom. The number of carbonyl (C=O) groups is 1. The second-order valence-corrected chi connectivity index (χ2v) is 5.30. The van der Waals surface area contributed by atoms with Crippen molar-refractivity contribution in [3.8, 4) is 0 Å². The van der Waals surface area contributed by atoms with Gasteiger partial charge in [-0.25, -0.2) is 0 Å². The number of piperidine rings is 1. The van der Waals surface area contributed by atoms with E-state index in [1.807, 2.05) is 4.90 Å². The molecule has 2 aliphatic heterocycles. The molecular formula is C13H24N2O2. The summed E-state index contributed by atoms with van der Waals surface area (Å²) in [5.74, 6) is 0.968. The molecule has 1 amide bonds. The molecule has 17 heavy (non-hydrogen) atoms. The normalized spacial score (nSPS) is 26.4. The summed E-state index contributed by atoms with van der Waals surface area (Å²) < 4.78 is 0. The monoisotopic (exact) mass is 240 g/mol. The Hall–Kier alpha value is -0.610. The summed E-state index contributed by atoms with van der Waals surface area (Å²) in [7, 11) is 0. The van der Waals surface area contributed by atoms with Gasteiger partial charge in [-0.15, -0.1) is 0 Å². The number of likely N-dealkylation sites (tertiary alicyclic amines) is 1. The number of aliphatic hydroxyl groups excluding tert-OH is 1. The number of amides is 1. The summed E-state index contributed by atoms with van der Waals surface area (Å²) in [5, 5.41) is 12.5. The van der Waals surface area contributed by atoms with Crippen molar-refractivity contribution in [3.05, 3.63) is 0 Å². The minimum Gasteiger partial charge on any atom is -0.394 e. The average Bonchev–Trinajstić information content (AvgIpc) is 2.85. The van der Waals surface area contributed by atoms with Gasteiger partial charge in [0.15, 0.2) is 0 Å². The molecule has 0 aromatic rings. The van der Waals surface area contributed by atoms with E-state index in [4.69, 9.17) is 0 Å². The number of nitrogens with zero attached hydrogens (tertiary/aromatic N) is 1. The Labute approximate surface area is 103 Å². The van der Waals surface area contributed by atoms with Gasteiger partial charge in [-0.1, -0.05) is 0 Å². The van der Waals surface area contributed by atoms with Gasteiger partial charge in [-0.2, -0.15) is 0 Å². The van der Waals surface area contributed by atoms with Gasteiger partial charge >= 0.3 is 0 Å². The van der Waals surface area contributed by atoms with Crippen LogP contribution in [0.5, 0.6) is 0 Å². The highest BCUT2D eigenvalue weighted by Crippen LogP contribution is 2.22. The molecule has 0 unspecified atom stereocenters. The lowest BCUT2D eigenvalue weighted by atomic mass is 9.93. The van der Waals surface area contributed by atoms with Crippen LogP contribution in [0.4, 0.5) is 0 Å². The predicted octanol–water partition coefficient (Wildman–Crippen LogP) is 0.749. The third kappa shape index (κ3) is 3.42. The topological polar surface area (TPSA) is 52.6 Å². The minimum atomic E-state index is 0.0931. The van der Waals surface area contributed by atoms with Crippen LogP contribution in [-0.4, -0.2) is 48.2 Å². The van der Waals surface area contributed by atoms with Crippen LogP contribution >= 0.6 is 0 Å². The van der Waals surface area contributed by atoms with E-state index in [1.165, 1.54) is 12.8 Å². The molecule has 98 valence electrons. The van der Waals surface area contributed by atoms with Gasteiger partial charge in [0.25, 0.3) is 0 Å². The first-order chi connectivity index (χ1) is 8.31. The number of rotatable bonds is 4. The summed E-state index contributed by atoms with van der Waals surface area (Å²) in [6, 6.07) is 0.0931. The SMILES string of the molecule is O=C(CCC1CCNCC1)N1CCC[C@@H]1CO. The highest BCUT2D eigenvalue weighted by molar-refractivity contribution is 5.76. The average molecular weight is 240 g/mol. The van der Waals surface area contributed by atoms with Crippen molar-refractivity contribution in [3.63, 3.8) is 0 Å². The molecule has 2 fully saturated rings. The third-order valence-electron chi connectivity index (χ3n) is 4.13. The van der Waals surface area contributed by atoms with Crippen molar-refractivity contribution in [2.24, 2.45) is 5.92 Å². The van der Waals surface area contributed by atoms with Crippen LogP contribution in [0.3, 0.4) is 0 Å². The van der Waals surface area contributed by atoms with E-state index in [-0.39, 0.29) is 18.6 Å². The molecule has 0 saturated carbocycles. The van der Waals surface area contributed by atoms with Gasteiger partial charge in [0.2, 0.25) is 5.91 Å². The summed E-state index contributed by atoms with van der Waals surface area (Å²) >= 11 is 0. The molecule has 0 radical (unpaired) electrons. The first kappa shape index (κ1) is 12.8. The fraction of sp³-hybridized carbons (Fsp3) is 0.923. The van der Waals surface area contributed by atoms with Crippen LogP contribution in [-0.2, 0) is 4.79 Å². The highest BCUT2D eigenvalue weighted by Gasteiger charge is 2.28. The zero-order valence-corrected chi connectivity index (χ0v) is 10.5. The second-order valence-electron chi connectivity index (χ2n) is 5.30. The molecule has 4 heteroatoms. The van der Waals surface area contributed by atoms with Gasteiger partial charge in [-0.3, -0.25) is 4.79 Å². The fourth-order valence-electron chi connectivity index (χ4n) is 3.00. The first-order valence-electron chi connectivity index (χ1n) is 6.92. The molecule has 0 aromatic heterocycles. The molecule has 0 aromatic carbocycles. The third-order valence-corrected chi connectivity index (χ3v) is 4.13. The molecule has 2 rings (SSSR count). The highest BCUT2D eigenvalue weighted by atomic mass is 16.3. The van der Waals surface area contributed by atoms with Crippen LogP contribution in [0, 0.1) is 5.92 Å². The van der Waals surface area contributed by atoms with Crippen LogP contribution in [0.1, 0.15) is 38.5 Å². The zero-order chi connectivity index (χ0) is 12.1. The molecule has 0 spiro atoms. The molecule has 2 heterocycles. The smallest absolute Gasteiger partial charge is 0.222 e. The standard InChI is InChI=1S/C13H24N2O2/c16-10-12-2-1-9-15(12)13(17)4-3-11-5-7-14-8-6-11/h11-12,14,16H,1-10H2/t12-/m1/s1. The van der Waals surface area contributed by atoms with E-state index in [0.717, 1.165) is 44.8 Å². The number of hydrogen-bond donors (Lipinski definition) is 2. The predicted molar refractivity (Wildman–Crippen MR) is 66.6 cm³/mol. The Bertz CT molecular complexity index is 252. The summed E-state index contributed by atoms with van der Waals surface area (Å²) in [6.45, 7) is 3.17. The summed E-state index contributed by atoms with van der Waals surface area (Å²) in [4.78, 5) is 13.9. The van der Waals surface area contributed by atoms with Crippen molar-refractivity contribution in [2.45, 2.75) is 44.6 Å². The minimum absolute atomic E-state index is 0.0931. The van der Waals surface area contributed by atoms with E-state index >= 15 is 0 Å². The van der Waals surface area contributed by atoms with Crippen molar-refractivity contribution in [2.75, 3.05) is 26.2 Å². The Kier molecular flexibility index (Phi) is 4.80. The first-order valence-corrected chi connectivity index (χ1v) is 6.92. The largest absolute Gasteiger partial charge is 0.394 e. The quantitative estimate of drug-likeness (QED) is 0.762. The maximum absolute atomic E-state index is 12.1.